The van der Waals surface area contributed by atoms with Crippen molar-refractivity contribution >= 4 is 41.2 Å². The van der Waals surface area contributed by atoms with Gasteiger partial charge in [0.2, 0.25) is 0 Å². The first-order valence-corrected chi connectivity index (χ1v) is 19.1. The predicted octanol–water partition coefficient (Wildman–Crippen LogP) is 8.97. The van der Waals surface area contributed by atoms with Gasteiger partial charge in [-0.1, -0.05) is 91.1 Å². The van der Waals surface area contributed by atoms with E-state index in [0.29, 0.717) is 0 Å². The van der Waals surface area contributed by atoms with Gasteiger partial charge in [-0.05, 0) is 67.4 Å². The van der Waals surface area contributed by atoms with Crippen LogP contribution in [0.1, 0.15) is 33.4 Å². The maximum atomic E-state index is 13.5. The number of fused-ring (bicyclic) bond motifs is 9. The summed E-state index contributed by atoms with van der Waals surface area (Å²) in [6.45, 7) is 11.3. The van der Waals surface area contributed by atoms with Crippen LogP contribution in [0.3, 0.4) is 0 Å². The lowest BCUT2D eigenvalue weighted by atomic mass is 9.61. The smallest absolute Gasteiger partial charge is 0.192 e. The van der Waals surface area contributed by atoms with Gasteiger partial charge in [-0.2, -0.15) is 0 Å². The molecule has 0 radical (unpaired) electrons. The SMILES string of the molecule is Cc1ccc2c(c1)C1(c3ccccc3Oc3ccccc31)c1cc([Si](C)(C)C)ccc1N2c1ccc2c(c1)c(=O)c(C)cn2C. The fraction of sp³-hybridized carbons (Fsp3) is 0.175. The van der Waals surface area contributed by atoms with Crippen molar-refractivity contribution in [1.82, 2.24) is 4.57 Å². The van der Waals surface area contributed by atoms with Gasteiger partial charge < -0.3 is 14.2 Å². The normalized spacial score (nSPS) is 14.4. The molecule has 3 heterocycles. The summed E-state index contributed by atoms with van der Waals surface area (Å²) in [5.74, 6) is 1.76. The van der Waals surface area contributed by atoms with E-state index in [1.54, 1.807) is 0 Å². The lowest BCUT2D eigenvalue weighted by Crippen LogP contribution is -2.43. The highest BCUT2D eigenvalue weighted by atomic mass is 28.3. The molecule has 6 aromatic rings. The Hall–Kier alpha value is -4.87. The fourth-order valence-electron chi connectivity index (χ4n) is 7.55. The van der Waals surface area contributed by atoms with E-state index in [-0.39, 0.29) is 5.43 Å². The zero-order valence-electron chi connectivity index (χ0n) is 26.6. The maximum Gasteiger partial charge on any atom is 0.192 e. The number of anilines is 3. The third-order valence-electron chi connectivity index (χ3n) is 9.71. The van der Waals surface area contributed by atoms with Crippen molar-refractivity contribution in [3.05, 3.63) is 153 Å². The van der Waals surface area contributed by atoms with Gasteiger partial charge in [0.05, 0.1) is 30.4 Å². The second kappa shape index (κ2) is 9.56. The topological polar surface area (TPSA) is 34.5 Å². The van der Waals surface area contributed by atoms with E-state index in [1.165, 1.54) is 21.9 Å². The van der Waals surface area contributed by atoms with Crippen molar-refractivity contribution in [2.75, 3.05) is 4.90 Å². The van der Waals surface area contributed by atoms with E-state index in [9.17, 15) is 4.79 Å². The van der Waals surface area contributed by atoms with Gasteiger partial charge in [0.15, 0.2) is 5.43 Å². The molecule has 0 saturated carbocycles. The summed E-state index contributed by atoms with van der Waals surface area (Å²) < 4.78 is 8.66. The minimum atomic E-state index is -1.71. The number of rotatable bonds is 2. The number of benzene rings is 5. The first-order valence-electron chi connectivity index (χ1n) is 15.6. The van der Waals surface area contributed by atoms with Crippen molar-refractivity contribution in [2.45, 2.75) is 38.9 Å². The zero-order valence-corrected chi connectivity index (χ0v) is 27.6. The minimum absolute atomic E-state index is 0.0733. The highest BCUT2D eigenvalue weighted by Gasteiger charge is 2.51. The predicted molar refractivity (Wildman–Crippen MR) is 188 cm³/mol. The average Bonchev–Trinajstić information content (AvgIpc) is 3.03. The molecule has 2 aliphatic rings. The van der Waals surface area contributed by atoms with Crippen LogP contribution in [0.2, 0.25) is 19.6 Å². The summed E-state index contributed by atoms with van der Waals surface area (Å²) in [7, 11) is 0.294. The Morgan fingerprint density at radius 3 is 1.98 bits per heavy atom. The molecule has 0 bridgehead atoms. The molecule has 45 heavy (non-hydrogen) atoms. The van der Waals surface area contributed by atoms with Crippen LogP contribution in [0.25, 0.3) is 10.9 Å². The van der Waals surface area contributed by atoms with Crippen molar-refractivity contribution in [1.29, 1.82) is 0 Å². The largest absolute Gasteiger partial charge is 0.457 e. The second-order valence-electron chi connectivity index (χ2n) is 13.6. The van der Waals surface area contributed by atoms with E-state index in [1.807, 2.05) is 24.7 Å². The molecule has 1 spiro atoms. The Morgan fingerprint density at radius 2 is 1.31 bits per heavy atom. The van der Waals surface area contributed by atoms with Crippen molar-refractivity contribution in [3.63, 3.8) is 0 Å². The van der Waals surface area contributed by atoms with Gasteiger partial charge >= 0.3 is 0 Å². The standard InChI is InChI=1S/C40H36N2O2Si/c1-25-15-18-35-32(21-25)40(30-11-7-9-13-37(30)44-38-14-10-8-12-31(38)40)33-23-28(45(4,5)6)17-20-36(33)42(35)27-16-19-34-29(22-27)39(43)26(2)24-41(34)3/h7-24H,1-6H3. The Bertz CT molecular complexity index is 2210. The molecule has 0 aliphatic carbocycles. The monoisotopic (exact) mass is 604 g/mol. The van der Waals surface area contributed by atoms with Crippen LogP contribution in [0.4, 0.5) is 17.1 Å². The number of nitrogens with zero attached hydrogens (tertiary/aromatic N) is 2. The van der Waals surface area contributed by atoms with Crippen LogP contribution in [0.5, 0.6) is 11.5 Å². The van der Waals surface area contributed by atoms with E-state index in [0.717, 1.165) is 56.2 Å². The molecule has 4 nitrogen and oxygen atoms in total. The number of hydrogen-bond acceptors (Lipinski definition) is 3. The lowest BCUT2D eigenvalue weighted by molar-refractivity contribution is 0.434. The van der Waals surface area contributed by atoms with Crippen molar-refractivity contribution < 1.29 is 4.74 Å². The van der Waals surface area contributed by atoms with Crippen LogP contribution >= 0.6 is 0 Å². The van der Waals surface area contributed by atoms with Gasteiger partial charge in [-0.25, -0.2) is 0 Å². The summed E-state index contributed by atoms with van der Waals surface area (Å²) in [6, 6.07) is 37.3. The summed E-state index contributed by atoms with van der Waals surface area (Å²) in [5.41, 5.74) is 10.3. The van der Waals surface area contributed by atoms with Crippen LogP contribution in [0, 0.1) is 13.8 Å². The number of pyridine rings is 1. The average molecular weight is 605 g/mol. The van der Waals surface area contributed by atoms with Crippen LogP contribution < -0.4 is 20.3 Å². The van der Waals surface area contributed by atoms with Crippen LogP contribution in [-0.2, 0) is 12.5 Å². The van der Waals surface area contributed by atoms with Crippen LogP contribution in [0.15, 0.2) is 114 Å². The Balaban J connectivity index is 1.54. The molecular formula is C40H36N2O2Si. The second-order valence-corrected chi connectivity index (χ2v) is 18.7. The number of para-hydroxylation sites is 2. The number of aryl methyl sites for hydroxylation is 3. The minimum Gasteiger partial charge on any atom is -0.457 e. The van der Waals surface area contributed by atoms with E-state index in [2.05, 4.69) is 135 Å². The molecule has 0 saturated heterocycles. The molecule has 5 heteroatoms. The van der Waals surface area contributed by atoms with Crippen molar-refractivity contribution in [2.24, 2.45) is 7.05 Å². The van der Waals surface area contributed by atoms with E-state index < -0.39 is 13.5 Å². The lowest BCUT2D eigenvalue weighted by Gasteiger charge is -2.49. The molecule has 5 aromatic carbocycles. The Kier molecular flexibility index (Phi) is 5.88. The molecule has 0 unspecified atom stereocenters. The third kappa shape index (κ3) is 3.87. The summed E-state index contributed by atoms with van der Waals surface area (Å²) in [5, 5.41) is 2.13. The zero-order chi connectivity index (χ0) is 31.2. The van der Waals surface area contributed by atoms with Gasteiger partial charge in [-0.15, -0.1) is 0 Å². The third-order valence-corrected chi connectivity index (χ3v) is 11.8. The van der Waals surface area contributed by atoms with Gasteiger partial charge in [0.1, 0.15) is 11.5 Å². The first-order chi connectivity index (χ1) is 21.6. The number of hydrogen-bond donors (Lipinski definition) is 0. The number of aromatic nitrogens is 1. The molecule has 0 amide bonds. The number of ether oxygens (including phenoxy) is 1. The van der Waals surface area contributed by atoms with Gasteiger partial charge in [-0.3, -0.25) is 4.79 Å². The summed E-state index contributed by atoms with van der Waals surface area (Å²) in [6.07, 6.45) is 1.92. The molecular weight excluding hydrogens is 569 g/mol. The highest BCUT2D eigenvalue weighted by molar-refractivity contribution is 6.88. The fourth-order valence-corrected chi connectivity index (χ4v) is 8.72. The molecule has 2 aliphatic heterocycles. The van der Waals surface area contributed by atoms with Gasteiger partial charge in [0.25, 0.3) is 0 Å². The highest BCUT2D eigenvalue weighted by Crippen LogP contribution is 2.62. The van der Waals surface area contributed by atoms with Crippen LogP contribution in [-0.4, -0.2) is 12.6 Å². The van der Waals surface area contributed by atoms with Crippen molar-refractivity contribution in [3.8, 4) is 11.5 Å². The molecule has 0 fully saturated rings. The summed E-state index contributed by atoms with van der Waals surface area (Å²) in [4.78, 5) is 15.8. The molecule has 1 aromatic heterocycles. The Morgan fingerprint density at radius 1 is 0.689 bits per heavy atom. The molecule has 0 N–H and O–H groups in total. The van der Waals surface area contributed by atoms with Gasteiger partial charge in [0, 0.05) is 41.0 Å². The first kappa shape index (κ1) is 27.7. The summed E-state index contributed by atoms with van der Waals surface area (Å²) >= 11 is 0. The van der Waals surface area contributed by atoms with E-state index >= 15 is 0 Å². The quantitative estimate of drug-likeness (QED) is 0.185. The van der Waals surface area contributed by atoms with E-state index in [4.69, 9.17) is 4.74 Å². The Labute approximate surface area is 265 Å². The molecule has 222 valence electrons. The molecule has 0 atom stereocenters. The molecule has 8 rings (SSSR count). The maximum absolute atomic E-state index is 13.5.